The van der Waals surface area contributed by atoms with Crippen molar-refractivity contribution in [2.75, 3.05) is 6.54 Å². The Balaban J connectivity index is 3.21. The molecule has 0 spiro atoms. The van der Waals surface area contributed by atoms with Crippen molar-refractivity contribution in [2.24, 2.45) is 11.5 Å². The normalized spacial score (nSPS) is 12.5. The lowest BCUT2D eigenvalue weighted by Gasteiger charge is -2.09. The molecular formula is C8H10BrN3O2. The van der Waals surface area contributed by atoms with E-state index in [0.29, 0.717) is 10.0 Å². The van der Waals surface area contributed by atoms with Crippen LogP contribution in [0.4, 0.5) is 5.69 Å². The number of rotatable bonds is 3. The molecule has 0 aliphatic rings. The Morgan fingerprint density at radius 1 is 1.57 bits per heavy atom. The quantitative estimate of drug-likeness (QED) is 0.632. The Morgan fingerprint density at radius 3 is 2.71 bits per heavy atom. The molecule has 0 fully saturated rings. The largest absolute Gasteiger partial charge is 0.329 e. The predicted molar refractivity (Wildman–Crippen MR) is 56.8 cm³/mol. The first-order valence-electron chi connectivity index (χ1n) is 3.95. The fourth-order valence-corrected chi connectivity index (χ4v) is 1.46. The summed E-state index contributed by atoms with van der Waals surface area (Å²) in [6.07, 6.45) is 0. The van der Waals surface area contributed by atoms with Crippen LogP contribution in [0, 0.1) is 10.1 Å². The molecule has 0 aromatic heterocycles. The van der Waals surface area contributed by atoms with Gasteiger partial charge in [-0.3, -0.25) is 10.1 Å². The van der Waals surface area contributed by atoms with E-state index in [1.165, 1.54) is 6.07 Å². The van der Waals surface area contributed by atoms with Gasteiger partial charge in [-0.15, -0.1) is 0 Å². The lowest BCUT2D eigenvalue weighted by atomic mass is 10.1. The third-order valence-corrected chi connectivity index (χ3v) is 2.34. The topological polar surface area (TPSA) is 95.2 Å². The number of nitrogens with zero attached hydrogens (tertiary/aromatic N) is 1. The first-order valence-corrected chi connectivity index (χ1v) is 4.75. The second kappa shape index (κ2) is 4.50. The highest BCUT2D eigenvalue weighted by Crippen LogP contribution is 2.26. The molecule has 5 nitrogen and oxygen atoms in total. The molecular weight excluding hydrogens is 250 g/mol. The minimum atomic E-state index is -0.497. The highest BCUT2D eigenvalue weighted by Gasteiger charge is 2.18. The molecule has 0 aliphatic carbocycles. The van der Waals surface area contributed by atoms with Crippen LogP contribution in [0.2, 0.25) is 0 Å². The highest BCUT2D eigenvalue weighted by atomic mass is 79.9. The van der Waals surface area contributed by atoms with Crippen LogP contribution in [0.3, 0.4) is 0 Å². The summed E-state index contributed by atoms with van der Waals surface area (Å²) in [4.78, 5) is 10.2. The molecule has 0 radical (unpaired) electrons. The van der Waals surface area contributed by atoms with Crippen molar-refractivity contribution < 1.29 is 4.92 Å². The van der Waals surface area contributed by atoms with Crippen LogP contribution in [-0.2, 0) is 0 Å². The number of halogens is 1. The molecule has 76 valence electrons. The summed E-state index contributed by atoms with van der Waals surface area (Å²) >= 11 is 3.16. The molecule has 0 bridgehead atoms. The summed E-state index contributed by atoms with van der Waals surface area (Å²) in [6, 6.07) is 4.24. The number of hydrogen-bond acceptors (Lipinski definition) is 4. The van der Waals surface area contributed by atoms with Gasteiger partial charge in [0.1, 0.15) is 0 Å². The molecule has 0 heterocycles. The van der Waals surface area contributed by atoms with Crippen molar-refractivity contribution in [1.29, 1.82) is 0 Å². The summed E-state index contributed by atoms with van der Waals surface area (Å²) in [6.45, 7) is 0.183. The van der Waals surface area contributed by atoms with Gasteiger partial charge in [0.2, 0.25) is 0 Å². The van der Waals surface area contributed by atoms with Crippen LogP contribution in [0.1, 0.15) is 11.6 Å². The van der Waals surface area contributed by atoms with Crippen LogP contribution in [0.25, 0.3) is 0 Å². The van der Waals surface area contributed by atoms with Crippen molar-refractivity contribution >= 4 is 21.6 Å². The number of nitro benzene ring substituents is 1. The van der Waals surface area contributed by atoms with Gasteiger partial charge in [-0.1, -0.05) is 15.9 Å². The van der Waals surface area contributed by atoms with Gasteiger partial charge in [0.05, 0.1) is 4.92 Å². The summed E-state index contributed by atoms with van der Waals surface area (Å²) in [5, 5.41) is 10.7. The maximum absolute atomic E-state index is 10.7. The van der Waals surface area contributed by atoms with Gasteiger partial charge < -0.3 is 11.5 Å². The Labute approximate surface area is 89.4 Å². The van der Waals surface area contributed by atoms with E-state index in [1.54, 1.807) is 12.1 Å². The van der Waals surface area contributed by atoms with Crippen LogP contribution < -0.4 is 11.5 Å². The highest BCUT2D eigenvalue weighted by molar-refractivity contribution is 9.10. The van der Waals surface area contributed by atoms with Crippen molar-refractivity contribution in [3.63, 3.8) is 0 Å². The van der Waals surface area contributed by atoms with Crippen molar-refractivity contribution in [3.8, 4) is 0 Å². The molecule has 0 amide bonds. The van der Waals surface area contributed by atoms with Gasteiger partial charge in [-0.25, -0.2) is 0 Å². The lowest BCUT2D eigenvalue weighted by molar-refractivity contribution is -0.385. The van der Waals surface area contributed by atoms with E-state index in [-0.39, 0.29) is 12.2 Å². The SMILES string of the molecule is NC[C@@H](N)c1ccc(Br)cc1[N+](=O)[O-]. The summed E-state index contributed by atoms with van der Waals surface area (Å²) in [5.41, 5.74) is 11.4. The van der Waals surface area contributed by atoms with E-state index in [9.17, 15) is 10.1 Å². The Bertz CT molecular complexity index is 356. The third kappa shape index (κ3) is 2.28. The average molecular weight is 260 g/mol. The van der Waals surface area contributed by atoms with Gasteiger partial charge in [-0.05, 0) is 12.1 Å². The molecule has 1 atom stereocenters. The van der Waals surface area contributed by atoms with Gasteiger partial charge >= 0.3 is 0 Å². The maximum Gasteiger partial charge on any atom is 0.275 e. The van der Waals surface area contributed by atoms with Gasteiger partial charge in [0.25, 0.3) is 5.69 Å². The van der Waals surface area contributed by atoms with E-state index in [4.69, 9.17) is 11.5 Å². The zero-order valence-corrected chi connectivity index (χ0v) is 8.90. The van der Waals surface area contributed by atoms with Gasteiger partial charge in [0, 0.05) is 28.7 Å². The van der Waals surface area contributed by atoms with Crippen LogP contribution in [-0.4, -0.2) is 11.5 Å². The maximum atomic E-state index is 10.7. The van der Waals surface area contributed by atoms with Crippen molar-refractivity contribution in [3.05, 3.63) is 38.3 Å². The van der Waals surface area contributed by atoms with E-state index >= 15 is 0 Å². The van der Waals surface area contributed by atoms with Gasteiger partial charge in [-0.2, -0.15) is 0 Å². The predicted octanol–water partition coefficient (Wildman–Crippen LogP) is 1.32. The molecule has 6 heteroatoms. The molecule has 0 saturated heterocycles. The second-order valence-corrected chi connectivity index (χ2v) is 3.72. The van der Waals surface area contributed by atoms with Crippen molar-refractivity contribution in [1.82, 2.24) is 0 Å². The fraction of sp³-hybridized carbons (Fsp3) is 0.250. The van der Waals surface area contributed by atoms with Crippen LogP contribution in [0.5, 0.6) is 0 Å². The molecule has 1 aromatic carbocycles. The summed E-state index contributed by atoms with van der Waals surface area (Å²) in [5.74, 6) is 0. The number of nitro groups is 1. The minimum Gasteiger partial charge on any atom is -0.329 e. The monoisotopic (exact) mass is 259 g/mol. The van der Waals surface area contributed by atoms with E-state index in [1.807, 2.05) is 0 Å². The molecule has 4 N–H and O–H groups in total. The standard InChI is InChI=1S/C8H10BrN3O2/c9-5-1-2-6(7(11)4-10)8(3-5)12(13)14/h1-3,7H,4,10-11H2/t7-/m1/s1. The molecule has 0 saturated carbocycles. The van der Waals surface area contributed by atoms with Crippen LogP contribution >= 0.6 is 15.9 Å². The Kier molecular flexibility index (Phi) is 3.56. The fourth-order valence-electron chi connectivity index (χ4n) is 1.12. The molecule has 0 aliphatic heterocycles. The summed E-state index contributed by atoms with van der Waals surface area (Å²) < 4.78 is 0.650. The lowest BCUT2D eigenvalue weighted by Crippen LogP contribution is -2.21. The Hall–Kier alpha value is -0.980. The number of nitrogens with two attached hydrogens (primary N) is 2. The molecule has 14 heavy (non-hydrogen) atoms. The van der Waals surface area contributed by atoms with Crippen molar-refractivity contribution in [2.45, 2.75) is 6.04 Å². The van der Waals surface area contributed by atoms with E-state index < -0.39 is 11.0 Å². The smallest absolute Gasteiger partial charge is 0.275 e. The molecule has 0 unspecified atom stereocenters. The average Bonchev–Trinajstić information content (AvgIpc) is 2.16. The number of hydrogen-bond donors (Lipinski definition) is 2. The Morgan fingerprint density at radius 2 is 2.21 bits per heavy atom. The van der Waals surface area contributed by atoms with E-state index in [0.717, 1.165) is 0 Å². The molecule has 1 rings (SSSR count). The van der Waals surface area contributed by atoms with E-state index in [2.05, 4.69) is 15.9 Å². The first kappa shape index (κ1) is 11.1. The second-order valence-electron chi connectivity index (χ2n) is 2.80. The summed E-state index contributed by atoms with van der Waals surface area (Å²) in [7, 11) is 0. The minimum absolute atomic E-state index is 0.00248. The molecule has 1 aromatic rings. The zero-order chi connectivity index (χ0) is 10.7. The number of benzene rings is 1. The van der Waals surface area contributed by atoms with Crippen LogP contribution in [0.15, 0.2) is 22.7 Å². The van der Waals surface area contributed by atoms with Gasteiger partial charge in [0.15, 0.2) is 0 Å². The third-order valence-electron chi connectivity index (χ3n) is 1.84. The first-order chi connectivity index (χ1) is 6.56. The zero-order valence-electron chi connectivity index (χ0n) is 7.31.